The predicted molar refractivity (Wildman–Crippen MR) is 105 cm³/mol. The lowest BCUT2D eigenvalue weighted by molar-refractivity contribution is 0.982. The van der Waals surface area contributed by atoms with Crippen LogP contribution in [-0.4, -0.2) is 37.2 Å². The fraction of sp³-hybridized carbons (Fsp3) is 0.294. The molecule has 0 aliphatic heterocycles. The molecule has 0 aromatic carbocycles. The van der Waals surface area contributed by atoms with Crippen molar-refractivity contribution in [3.8, 4) is 0 Å². The van der Waals surface area contributed by atoms with Gasteiger partial charge < -0.3 is 10.3 Å². The molecule has 3 aromatic rings. The Morgan fingerprint density at radius 3 is 2.88 bits per heavy atom. The number of pyridine rings is 1. The summed E-state index contributed by atoms with van der Waals surface area (Å²) >= 11 is 7.85. The molecule has 3 heterocycles. The number of aryl methyl sites for hydroxylation is 1. The zero-order valence-electron chi connectivity index (χ0n) is 14.3. The van der Waals surface area contributed by atoms with E-state index in [2.05, 4.69) is 30.2 Å². The number of imidazole rings is 1. The summed E-state index contributed by atoms with van der Waals surface area (Å²) in [6.07, 6.45) is 5.27. The second-order valence-corrected chi connectivity index (χ2v) is 7.16. The predicted octanol–water partition coefficient (Wildman–Crippen LogP) is 2.79. The van der Waals surface area contributed by atoms with Crippen molar-refractivity contribution in [2.45, 2.75) is 19.1 Å². The van der Waals surface area contributed by atoms with Crippen molar-refractivity contribution in [2.75, 3.05) is 17.6 Å². The van der Waals surface area contributed by atoms with E-state index in [0.717, 1.165) is 22.9 Å². The summed E-state index contributed by atoms with van der Waals surface area (Å²) < 4.78 is 0. The Morgan fingerprint density at radius 1 is 1.27 bits per heavy atom. The SMILES string of the molecule is Cc1[nH]cnc1CSCCNc1ncc(Cc2ncccc2Cl)c(=O)[nH]1. The summed E-state index contributed by atoms with van der Waals surface area (Å²) in [7, 11) is 0. The highest BCUT2D eigenvalue weighted by Gasteiger charge is 2.08. The van der Waals surface area contributed by atoms with Crippen LogP contribution in [-0.2, 0) is 12.2 Å². The number of anilines is 1. The summed E-state index contributed by atoms with van der Waals surface area (Å²) in [5, 5.41) is 3.67. The van der Waals surface area contributed by atoms with E-state index in [1.807, 2.05) is 6.92 Å². The first kappa shape index (κ1) is 18.5. The van der Waals surface area contributed by atoms with E-state index in [1.165, 1.54) is 0 Å². The first-order valence-electron chi connectivity index (χ1n) is 8.11. The molecule has 0 fully saturated rings. The molecule has 0 amide bonds. The minimum Gasteiger partial charge on any atom is -0.355 e. The van der Waals surface area contributed by atoms with E-state index < -0.39 is 0 Å². The van der Waals surface area contributed by atoms with Gasteiger partial charge in [-0.25, -0.2) is 9.97 Å². The van der Waals surface area contributed by atoms with Crippen LogP contribution in [0.3, 0.4) is 0 Å². The lowest BCUT2D eigenvalue weighted by atomic mass is 10.2. The lowest BCUT2D eigenvalue weighted by Gasteiger charge is -2.07. The number of aromatic amines is 2. The second kappa shape index (κ2) is 8.86. The molecule has 0 radical (unpaired) electrons. The summed E-state index contributed by atoms with van der Waals surface area (Å²) in [6, 6.07) is 3.51. The van der Waals surface area contributed by atoms with Crippen molar-refractivity contribution >= 4 is 29.3 Å². The number of thioether (sulfide) groups is 1. The van der Waals surface area contributed by atoms with Crippen LogP contribution in [0.5, 0.6) is 0 Å². The summed E-state index contributed by atoms with van der Waals surface area (Å²) in [4.78, 5) is 30.8. The molecule has 0 unspecified atom stereocenters. The molecule has 9 heteroatoms. The Balaban J connectivity index is 1.49. The molecule has 0 aliphatic carbocycles. The van der Waals surface area contributed by atoms with Gasteiger partial charge in [-0.2, -0.15) is 11.8 Å². The molecule has 3 aromatic heterocycles. The van der Waals surface area contributed by atoms with Gasteiger partial charge in [-0.1, -0.05) is 11.6 Å². The van der Waals surface area contributed by atoms with Gasteiger partial charge >= 0.3 is 0 Å². The van der Waals surface area contributed by atoms with Gasteiger partial charge in [0.2, 0.25) is 5.95 Å². The third kappa shape index (κ3) is 4.86. The number of H-pyrrole nitrogens is 2. The van der Waals surface area contributed by atoms with E-state index in [9.17, 15) is 4.79 Å². The quantitative estimate of drug-likeness (QED) is 0.511. The number of hydrogen-bond donors (Lipinski definition) is 3. The van der Waals surface area contributed by atoms with Crippen molar-refractivity contribution in [1.29, 1.82) is 0 Å². The highest BCUT2D eigenvalue weighted by atomic mass is 35.5. The topological polar surface area (TPSA) is 99.3 Å². The van der Waals surface area contributed by atoms with Gasteiger partial charge in [0.05, 0.1) is 22.7 Å². The van der Waals surface area contributed by atoms with E-state index in [0.29, 0.717) is 35.2 Å². The van der Waals surface area contributed by atoms with E-state index in [-0.39, 0.29) is 5.56 Å². The molecule has 0 saturated carbocycles. The number of hydrogen-bond acceptors (Lipinski definition) is 6. The molecular formula is C17H19ClN6OS. The highest BCUT2D eigenvalue weighted by molar-refractivity contribution is 7.98. The lowest BCUT2D eigenvalue weighted by Crippen LogP contribution is -2.18. The molecular weight excluding hydrogens is 372 g/mol. The molecule has 0 atom stereocenters. The van der Waals surface area contributed by atoms with Gasteiger partial charge in [0.25, 0.3) is 5.56 Å². The van der Waals surface area contributed by atoms with Gasteiger partial charge in [-0.15, -0.1) is 0 Å². The second-order valence-electron chi connectivity index (χ2n) is 5.65. The van der Waals surface area contributed by atoms with Crippen LogP contribution in [0.15, 0.2) is 35.6 Å². The van der Waals surface area contributed by atoms with Gasteiger partial charge in [0, 0.05) is 48.1 Å². The molecule has 7 nitrogen and oxygen atoms in total. The Morgan fingerprint density at radius 2 is 2.15 bits per heavy atom. The fourth-order valence-electron chi connectivity index (χ4n) is 2.31. The number of rotatable bonds is 8. The Bertz CT molecular complexity index is 925. The maximum absolute atomic E-state index is 12.2. The molecule has 0 saturated heterocycles. The van der Waals surface area contributed by atoms with Crippen LogP contribution in [0.4, 0.5) is 5.95 Å². The summed E-state index contributed by atoms with van der Waals surface area (Å²) in [5.74, 6) is 2.19. The van der Waals surface area contributed by atoms with Crippen LogP contribution < -0.4 is 10.9 Å². The third-order valence-electron chi connectivity index (χ3n) is 3.78. The maximum Gasteiger partial charge on any atom is 0.255 e. The first-order valence-corrected chi connectivity index (χ1v) is 9.65. The summed E-state index contributed by atoms with van der Waals surface area (Å²) in [6.45, 7) is 2.71. The van der Waals surface area contributed by atoms with Crippen molar-refractivity contribution in [3.05, 3.63) is 68.9 Å². The number of nitrogens with zero attached hydrogens (tertiary/aromatic N) is 3. The minimum atomic E-state index is -0.191. The smallest absolute Gasteiger partial charge is 0.255 e. The van der Waals surface area contributed by atoms with E-state index in [1.54, 1.807) is 42.6 Å². The van der Waals surface area contributed by atoms with Crippen molar-refractivity contribution in [3.63, 3.8) is 0 Å². The number of halogens is 1. The average Bonchev–Trinajstić information content (AvgIpc) is 3.04. The van der Waals surface area contributed by atoms with Crippen LogP contribution in [0, 0.1) is 6.92 Å². The summed E-state index contributed by atoms with van der Waals surface area (Å²) in [5.41, 5.74) is 3.16. The van der Waals surface area contributed by atoms with Gasteiger partial charge in [0.1, 0.15) is 0 Å². The molecule has 26 heavy (non-hydrogen) atoms. The Hall–Kier alpha value is -2.32. The Kier molecular flexibility index (Phi) is 6.30. The molecule has 136 valence electrons. The molecule has 0 aliphatic rings. The highest BCUT2D eigenvalue weighted by Crippen LogP contribution is 2.15. The standard InChI is InChI=1S/C17H19ClN6OS/c1-11-15(23-10-22-11)9-26-6-5-20-17-21-8-12(16(25)24-17)7-14-13(18)3-2-4-19-14/h2-4,8,10H,5-7,9H2,1H3,(H,22,23)(H2,20,21,24,25). The van der Waals surface area contributed by atoms with Gasteiger partial charge in [-0.3, -0.25) is 14.8 Å². The zero-order chi connectivity index (χ0) is 18.4. The molecule has 3 N–H and O–H groups in total. The molecule has 0 bridgehead atoms. The van der Waals surface area contributed by atoms with Crippen molar-refractivity contribution in [2.24, 2.45) is 0 Å². The van der Waals surface area contributed by atoms with Gasteiger partial charge in [0.15, 0.2) is 0 Å². The van der Waals surface area contributed by atoms with Crippen LogP contribution in [0.2, 0.25) is 5.02 Å². The van der Waals surface area contributed by atoms with Crippen molar-refractivity contribution < 1.29 is 0 Å². The van der Waals surface area contributed by atoms with E-state index in [4.69, 9.17) is 11.6 Å². The monoisotopic (exact) mass is 390 g/mol. The normalized spacial score (nSPS) is 10.8. The number of aromatic nitrogens is 5. The minimum absolute atomic E-state index is 0.191. The average molecular weight is 391 g/mol. The zero-order valence-corrected chi connectivity index (χ0v) is 15.8. The first-order chi connectivity index (χ1) is 12.6. The van der Waals surface area contributed by atoms with E-state index >= 15 is 0 Å². The van der Waals surface area contributed by atoms with Crippen LogP contribution >= 0.6 is 23.4 Å². The van der Waals surface area contributed by atoms with Crippen LogP contribution in [0.25, 0.3) is 0 Å². The largest absolute Gasteiger partial charge is 0.355 e. The maximum atomic E-state index is 12.2. The Labute approximate surface area is 160 Å². The number of nitrogens with one attached hydrogen (secondary N) is 3. The molecule has 0 spiro atoms. The molecule has 3 rings (SSSR count). The third-order valence-corrected chi connectivity index (χ3v) is 5.09. The van der Waals surface area contributed by atoms with Gasteiger partial charge in [-0.05, 0) is 19.1 Å². The van der Waals surface area contributed by atoms with Crippen LogP contribution in [0.1, 0.15) is 22.6 Å². The fourth-order valence-corrected chi connectivity index (χ4v) is 3.37. The van der Waals surface area contributed by atoms with Crippen molar-refractivity contribution in [1.82, 2.24) is 24.9 Å².